The standard InChI is InChI=1S/C24H30Cl2N5P/c1-7-31(8-2)32(28-20-15-17(25)13-14-19(20)26)22(16-27-30(32)6)23-24(3,4)18-11-9-10-12-21(18)29(23)5/h9-16H,7-8H2,1-6H3/b23-22-/t32-/m0/s1. The smallest absolute Gasteiger partial charge is 0.174 e. The van der Waals surface area contributed by atoms with E-state index in [0.29, 0.717) is 15.7 Å². The SMILES string of the molecule is CCN(CC)[P@]1(=Nc2cc(Cl)ccc2Cl)/C(=C2\N(C)c3ccccc3C2(C)C)C=NN1C. The Morgan fingerprint density at radius 1 is 1.06 bits per heavy atom. The number of rotatable bonds is 4. The second-order valence-corrected chi connectivity index (χ2v) is 12.4. The third kappa shape index (κ3) is 3.42. The third-order valence-electron chi connectivity index (χ3n) is 6.46. The van der Waals surface area contributed by atoms with E-state index in [1.54, 1.807) is 6.07 Å². The minimum atomic E-state index is -2.46. The maximum absolute atomic E-state index is 6.60. The molecular formula is C24H30Cl2N5P. The first-order chi connectivity index (χ1) is 15.2. The van der Waals surface area contributed by atoms with E-state index in [2.05, 4.69) is 68.6 Å². The van der Waals surface area contributed by atoms with Gasteiger partial charge in [0.05, 0.1) is 22.2 Å². The molecule has 1 atom stereocenters. The Bertz CT molecular complexity index is 1170. The van der Waals surface area contributed by atoms with Crippen molar-refractivity contribution in [3.63, 3.8) is 0 Å². The molecule has 0 N–H and O–H groups in total. The van der Waals surface area contributed by atoms with Crippen molar-refractivity contribution in [3.05, 3.63) is 69.1 Å². The van der Waals surface area contributed by atoms with E-state index in [1.165, 1.54) is 16.9 Å². The fourth-order valence-corrected chi connectivity index (χ4v) is 9.05. The average Bonchev–Trinajstić information content (AvgIpc) is 3.17. The van der Waals surface area contributed by atoms with Gasteiger partial charge in [-0.1, -0.05) is 69.1 Å². The van der Waals surface area contributed by atoms with Crippen LogP contribution in [0.2, 0.25) is 10.0 Å². The summed E-state index contributed by atoms with van der Waals surface area (Å²) < 4.78 is 9.87. The van der Waals surface area contributed by atoms with Crippen molar-refractivity contribution in [2.24, 2.45) is 9.85 Å². The lowest BCUT2D eigenvalue weighted by molar-refractivity contribution is 0.452. The van der Waals surface area contributed by atoms with Gasteiger partial charge in [0.15, 0.2) is 7.36 Å². The fourth-order valence-electron chi connectivity index (χ4n) is 4.95. The third-order valence-corrected chi connectivity index (χ3v) is 10.8. The molecule has 0 radical (unpaired) electrons. The van der Waals surface area contributed by atoms with Crippen LogP contribution in [0.3, 0.4) is 0 Å². The van der Waals surface area contributed by atoms with Gasteiger partial charge in [0.25, 0.3) is 0 Å². The zero-order valence-electron chi connectivity index (χ0n) is 19.5. The highest BCUT2D eigenvalue weighted by Crippen LogP contribution is 2.69. The van der Waals surface area contributed by atoms with Crippen molar-refractivity contribution in [3.8, 4) is 0 Å². The summed E-state index contributed by atoms with van der Waals surface area (Å²) in [5, 5.41) is 7.17. The monoisotopic (exact) mass is 489 g/mol. The Hall–Kier alpha value is -1.78. The van der Waals surface area contributed by atoms with Crippen LogP contribution in [0.25, 0.3) is 0 Å². The van der Waals surface area contributed by atoms with Gasteiger partial charge in [-0.25, -0.2) is 14.2 Å². The van der Waals surface area contributed by atoms with Crippen molar-refractivity contribution in [1.29, 1.82) is 0 Å². The number of hydrogen-bond acceptors (Lipinski definition) is 3. The Balaban J connectivity index is 2.09. The summed E-state index contributed by atoms with van der Waals surface area (Å²) in [7, 11) is 1.71. The van der Waals surface area contributed by atoms with Crippen molar-refractivity contribution >= 4 is 48.1 Å². The predicted molar refractivity (Wildman–Crippen MR) is 140 cm³/mol. The van der Waals surface area contributed by atoms with Gasteiger partial charge in [-0.3, -0.25) is 0 Å². The summed E-state index contributed by atoms with van der Waals surface area (Å²) in [6.07, 6.45) is 2.01. The number of fused-ring (bicyclic) bond motifs is 1. The molecular weight excluding hydrogens is 460 g/mol. The number of hydrogen-bond donors (Lipinski definition) is 0. The molecule has 0 saturated heterocycles. The zero-order chi connectivity index (χ0) is 23.3. The topological polar surface area (TPSA) is 34.4 Å². The molecule has 2 aliphatic rings. The van der Waals surface area contributed by atoms with Crippen molar-refractivity contribution in [2.45, 2.75) is 33.1 Å². The van der Waals surface area contributed by atoms with Gasteiger partial charge in [-0.05, 0) is 29.8 Å². The molecule has 0 amide bonds. The summed E-state index contributed by atoms with van der Waals surface area (Å²) in [6.45, 7) is 10.6. The number of halogens is 2. The van der Waals surface area contributed by atoms with E-state index < -0.39 is 7.36 Å². The molecule has 8 heteroatoms. The van der Waals surface area contributed by atoms with Crippen LogP contribution in [0.1, 0.15) is 33.3 Å². The molecule has 4 rings (SSSR count). The lowest BCUT2D eigenvalue weighted by Gasteiger charge is -2.39. The van der Waals surface area contributed by atoms with Crippen LogP contribution in [0.5, 0.6) is 0 Å². The van der Waals surface area contributed by atoms with Crippen LogP contribution in [-0.2, 0) is 5.41 Å². The Kier molecular flexibility index (Phi) is 6.23. The Morgan fingerprint density at radius 3 is 2.41 bits per heavy atom. The molecule has 32 heavy (non-hydrogen) atoms. The first-order valence-corrected chi connectivity index (χ1v) is 13.3. The molecule has 0 aliphatic carbocycles. The molecule has 2 aliphatic heterocycles. The Morgan fingerprint density at radius 2 is 1.75 bits per heavy atom. The molecule has 2 aromatic carbocycles. The molecule has 0 unspecified atom stereocenters. The zero-order valence-corrected chi connectivity index (χ0v) is 21.9. The fraction of sp³-hybridized carbons (Fsp3) is 0.375. The number of hydrazone groups is 1. The molecule has 0 saturated carbocycles. The molecule has 5 nitrogen and oxygen atoms in total. The minimum Gasteiger partial charge on any atom is -0.346 e. The van der Waals surface area contributed by atoms with E-state index in [0.717, 1.165) is 18.4 Å². The first kappa shape index (κ1) is 23.4. The van der Waals surface area contributed by atoms with Crippen LogP contribution >= 0.6 is 30.6 Å². The number of nitrogens with zero attached hydrogens (tertiary/aromatic N) is 5. The minimum absolute atomic E-state index is 0.191. The van der Waals surface area contributed by atoms with Crippen LogP contribution in [0.4, 0.5) is 11.4 Å². The molecule has 0 aromatic heterocycles. The first-order valence-electron chi connectivity index (χ1n) is 10.9. The Labute approximate surface area is 201 Å². The second kappa shape index (κ2) is 8.53. The quantitative estimate of drug-likeness (QED) is 0.415. The summed E-state index contributed by atoms with van der Waals surface area (Å²) in [6, 6.07) is 14.1. The highest BCUT2D eigenvalue weighted by molar-refractivity contribution is 7.67. The highest BCUT2D eigenvalue weighted by Gasteiger charge is 2.47. The van der Waals surface area contributed by atoms with E-state index in [1.807, 2.05) is 30.2 Å². The van der Waals surface area contributed by atoms with E-state index in [4.69, 9.17) is 33.0 Å². The van der Waals surface area contributed by atoms with Gasteiger partial charge in [0.2, 0.25) is 0 Å². The van der Waals surface area contributed by atoms with Crippen LogP contribution in [0, 0.1) is 0 Å². The normalized spacial score (nSPS) is 23.9. The maximum Gasteiger partial charge on any atom is 0.174 e. The summed E-state index contributed by atoms with van der Waals surface area (Å²) >= 11 is 12.9. The molecule has 0 fully saturated rings. The lowest BCUT2D eigenvalue weighted by atomic mass is 9.84. The lowest BCUT2D eigenvalue weighted by Crippen LogP contribution is -2.30. The van der Waals surface area contributed by atoms with Gasteiger partial charge >= 0.3 is 0 Å². The summed E-state index contributed by atoms with van der Waals surface area (Å²) in [5.41, 5.74) is 4.27. The van der Waals surface area contributed by atoms with Crippen LogP contribution < -0.4 is 4.90 Å². The number of benzene rings is 2. The predicted octanol–water partition coefficient (Wildman–Crippen LogP) is 7.57. The number of para-hydroxylation sites is 1. The van der Waals surface area contributed by atoms with Gasteiger partial charge in [0.1, 0.15) is 0 Å². The van der Waals surface area contributed by atoms with Crippen LogP contribution in [0.15, 0.2) is 63.3 Å². The number of allylic oxidation sites excluding steroid dienone is 2. The number of anilines is 1. The van der Waals surface area contributed by atoms with Crippen molar-refractivity contribution < 1.29 is 0 Å². The van der Waals surface area contributed by atoms with E-state index in [-0.39, 0.29) is 5.41 Å². The van der Waals surface area contributed by atoms with Gasteiger partial charge in [-0.2, -0.15) is 5.10 Å². The van der Waals surface area contributed by atoms with Crippen molar-refractivity contribution in [2.75, 3.05) is 32.1 Å². The molecule has 0 spiro atoms. The van der Waals surface area contributed by atoms with Gasteiger partial charge in [0, 0.05) is 49.0 Å². The largest absolute Gasteiger partial charge is 0.346 e. The van der Waals surface area contributed by atoms with Crippen molar-refractivity contribution in [1.82, 2.24) is 9.45 Å². The highest BCUT2D eigenvalue weighted by atomic mass is 35.5. The molecule has 0 bridgehead atoms. The van der Waals surface area contributed by atoms with Crippen LogP contribution in [-0.4, -0.2) is 42.8 Å². The van der Waals surface area contributed by atoms with E-state index in [9.17, 15) is 0 Å². The second-order valence-electron chi connectivity index (χ2n) is 8.57. The molecule has 170 valence electrons. The number of likely N-dealkylation sites (N-methyl/N-ethyl adjacent to an activating group) is 1. The van der Waals surface area contributed by atoms with Gasteiger partial charge in [-0.15, -0.1) is 0 Å². The van der Waals surface area contributed by atoms with Gasteiger partial charge < -0.3 is 4.90 Å². The van der Waals surface area contributed by atoms with E-state index >= 15 is 0 Å². The summed E-state index contributed by atoms with van der Waals surface area (Å²) in [5.74, 6) is 0. The molecule has 2 aromatic rings. The average molecular weight is 490 g/mol. The summed E-state index contributed by atoms with van der Waals surface area (Å²) in [4.78, 5) is 2.31. The molecule has 2 heterocycles. The maximum atomic E-state index is 6.60.